The molecule has 0 saturated carbocycles. The average molecular weight is 366 g/mol. The number of nitrogens with zero attached hydrogens (tertiary/aromatic N) is 1. The van der Waals surface area contributed by atoms with E-state index in [1.165, 1.54) is 42.5 Å². The molecular formula is C23H27FN2O. The van der Waals surface area contributed by atoms with Gasteiger partial charge in [0.25, 0.3) is 5.91 Å². The van der Waals surface area contributed by atoms with Crippen LogP contribution in [0.2, 0.25) is 0 Å². The lowest BCUT2D eigenvalue weighted by atomic mass is 9.81. The number of amides is 1. The Labute approximate surface area is 160 Å². The van der Waals surface area contributed by atoms with Crippen molar-refractivity contribution < 1.29 is 9.18 Å². The number of hydrogen-bond donors (Lipinski definition) is 1. The van der Waals surface area contributed by atoms with Crippen LogP contribution in [0.25, 0.3) is 0 Å². The largest absolute Gasteiger partial charge is 0.349 e. The molecular weight excluding hydrogens is 339 g/mol. The lowest BCUT2D eigenvalue weighted by Crippen LogP contribution is -2.56. The zero-order valence-electron chi connectivity index (χ0n) is 15.8. The summed E-state index contributed by atoms with van der Waals surface area (Å²) in [6.07, 6.45) is 5.67. The highest BCUT2D eigenvalue weighted by atomic mass is 19.1. The molecule has 0 radical (unpaired) electrons. The highest BCUT2D eigenvalue weighted by Crippen LogP contribution is 2.35. The lowest BCUT2D eigenvalue weighted by molar-refractivity contribution is 0.0177. The van der Waals surface area contributed by atoms with Crippen molar-refractivity contribution >= 4 is 5.91 Å². The van der Waals surface area contributed by atoms with Crippen LogP contribution in [-0.2, 0) is 6.54 Å². The molecule has 2 aromatic carbocycles. The third kappa shape index (κ3) is 4.22. The molecule has 0 spiro atoms. The van der Waals surface area contributed by atoms with E-state index in [1.54, 1.807) is 12.1 Å². The first-order chi connectivity index (χ1) is 13.1. The fraction of sp³-hybridized carbons (Fsp3) is 0.435. The quantitative estimate of drug-likeness (QED) is 0.867. The molecule has 0 aliphatic carbocycles. The Kier molecular flexibility index (Phi) is 5.26. The molecule has 27 heavy (non-hydrogen) atoms. The van der Waals surface area contributed by atoms with Gasteiger partial charge in [0, 0.05) is 30.2 Å². The van der Waals surface area contributed by atoms with Gasteiger partial charge in [-0.15, -0.1) is 0 Å². The van der Waals surface area contributed by atoms with Gasteiger partial charge in [0.05, 0.1) is 0 Å². The molecule has 3 nitrogen and oxygen atoms in total. The maximum Gasteiger partial charge on any atom is 0.251 e. The second kappa shape index (κ2) is 7.81. The zero-order chi connectivity index (χ0) is 18.8. The molecule has 2 aliphatic heterocycles. The number of halogens is 1. The fourth-order valence-corrected chi connectivity index (χ4v) is 4.63. The van der Waals surface area contributed by atoms with Crippen LogP contribution in [-0.4, -0.2) is 28.9 Å². The third-order valence-corrected chi connectivity index (χ3v) is 6.05. The molecule has 2 fully saturated rings. The Morgan fingerprint density at radius 3 is 2.30 bits per heavy atom. The molecule has 2 atom stereocenters. The number of aryl methyl sites for hydroxylation is 1. The first kappa shape index (κ1) is 18.2. The fourth-order valence-electron chi connectivity index (χ4n) is 4.63. The van der Waals surface area contributed by atoms with E-state index < -0.39 is 0 Å². The highest BCUT2D eigenvalue weighted by molar-refractivity contribution is 5.94. The SMILES string of the molecule is Cc1ccc(CN2[C@@H]3CCC[C@@H]2CC(NC(=O)c2ccc(F)cc2)C3)cc1. The minimum atomic E-state index is -0.314. The minimum absolute atomic E-state index is 0.0925. The standard InChI is InChI=1S/C23H27FN2O/c1-16-5-7-17(8-6-16)15-26-21-3-2-4-22(26)14-20(13-21)25-23(27)18-9-11-19(24)12-10-18/h5-12,20-22H,2-4,13-15H2,1H3,(H,25,27)/t21-,22-/m1/s1. The number of nitrogens with one attached hydrogen (secondary N) is 1. The Bertz CT molecular complexity index is 773. The summed E-state index contributed by atoms with van der Waals surface area (Å²) in [5, 5.41) is 3.19. The summed E-state index contributed by atoms with van der Waals surface area (Å²) < 4.78 is 13.1. The molecule has 4 rings (SSSR count). The Morgan fingerprint density at radius 2 is 1.67 bits per heavy atom. The summed E-state index contributed by atoms with van der Waals surface area (Å²) in [5.74, 6) is -0.407. The molecule has 142 valence electrons. The first-order valence-electron chi connectivity index (χ1n) is 9.96. The van der Waals surface area contributed by atoms with Gasteiger partial charge in [0.1, 0.15) is 5.82 Å². The molecule has 4 heteroatoms. The number of benzene rings is 2. The maximum absolute atomic E-state index is 13.1. The van der Waals surface area contributed by atoms with Crippen molar-refractivity contribution in [1.29, 1.82) is 0 Å². The average Bonchev–Trinajstić information content (AvgIpc) is 2.64. The minimum Gasteiger partial charge on any atom is -0.349 e. The summed E-state index contributed by atoms with van der Waals surface area (Å²) in [5.41, 5.74) is 3.19. The van der Waals surface area contributed by atoms with E-state index in [-0.39, 0.29) is 17.8 Å². The summed E-state index contributed by atoms with van der Waals surface area (Å²) >= 11 is 0. The monoisotopic (exact) mass is 366 g/mol. The molecule has 2 aromatic rings. The van der Waals surface area contributed by atoms with Gasteiger partial charge in [-0.05, 0) is 62.4 Å². The second-order valence-corrected chi connectivity index (χ2v) is 8.05. The highest BCUT2D eigenvalue weighted by Gasteiger charge is 2.38. The van der Waals surface area contributed by atoms with Crippen molar-refractivity contribution in [2.75, 3.05) is 0 Å². The normalized spacial score (nSPS) is 25.2. The van der Waals surface area contributed by atoms with E-state index in [0.29, 0.717) is 17.6 Å². The van der Waals surface area contributed by atoms with Crippen LogP contribution < -0.4 is 5.32 Å². The summed E-state index contributed by atoms with van der Waals surface area (Å²) in [6, 6.07) is 15.9. The predicted octanol–water partition coefficient (Wildman–Crippen LogP) is 4.45. The molecule has 0 unspecified atom stereocenters. The Hall–Kier alpha value is -2.20. The third-order valence-electron chi connectivity index (χ3n) is 6.05. The van der Waals surface area contributed by atoms with E-state index in [2.05, 4.69) is 41.4 Å². The van der Waals surface area contributed by atoms with Crippen LogP contribution in [0.15, 0.2) is 48.5 Å². The predicted molar refractivity (Wildman–Crippen MR) is 105 cm³/mol. The molecule has 2 bridgehead atoms. The smallest absolute Gasteiger partial charge is 0.251 e. The molecule has 2 aliphatic rings. The van der Waals surface area contributed by atoms with E-state index >= 15 is 0 Å². The Morgan fingerprint density at radius 1 is 1.04 bits per heavy atom. The number of hydrogen-bond acceptors (Lipinski definition) is 2. The van der Waals surface area contributed by atoms with Gasteiger partial charge in [0.15, 0.2) is 0 Å². The second-order valence-electron chi connectivity index (χ2n) is 8.05. The van der Waals surface area contributed by atoms with E-state index in [4.69, 9.17) is 0 Å². The number of carbonyl (C=O) groups excluding carboxylic acids is 1. The van der Waals surface area contributed by atoms with E-state index in [1.807, 2.05) is 0 Å². The van der Waals surface area contributed by atoms with Crippen molar-refractivity contribution in [3.63, 3.8) is 0 Å². The van der Waals surface area contributed by atoms with Crippen LogP contribution in [0.4, 0.5) is 4.39 Å². The maximum atomic E-state index is 13.1. The zero-order valence-corrected chi connectivity index (χ0v) is 15.8. The number of fused-ring (bicyclic) bond motifs is 2. The summed E-state index contributed by atoms with van der Waals surface area (Å²) in [4.78, 5) is 15.1. The van der Waals surface area contributed by atoms with Crippen molar-refractivity contribution in [2.24, 2.45) is 0 Å². The van der Waals surface area contributed by atoms with E-state index in [0.717, 1.165) is 19.4 Å². The van der Waals surface area contributed by atoms with Gasteiger partial charge in [0.2, 0.25) is 0 Å². The van der Waals surface area contributed by atoms with Crippen molar-refractivity contribution in [2.45, 2.75) is 63.7 Å². The summed E-state index contributed by atoms with van der Waals surface area (Å²) in [6.45, 7) is 3.11. The van der Waals surface area contributed by atoms with Gasteiger partial charge in [-0.1, -0.05) is 36.2 Å². The molecule has 1 amide bonds. The first-order valence-corrected chi connectivity index (χ1v) is 9.96. The molecule has 1 N–H and O–H groups in total. The van der Waals surface area contributed by atoms with Crippen molar-refractivity contribution in [3.8, 4) is 0 Å². The van der Waals surface area contributed by atoms with Gasteiger partial charge in [-0.3, -0.25) is 9.69 Å². The van der Waals surface area contributed by atoms with Crippen LogP contribution in [0.5, 0.6) is 0 Å². The molecule has 0 aromatic heterocycles. The van der Waals surface area contributed by atoms with Crippen LogP contribution in [0, 0.1) is 12.7 Å². The number of piperidine rings is 2. The van der Waals surface area contributed by atoms with Crippen LogP contribution in [0.3, 0.4) is 0 Å². The van der Waals surface area contributed by atoms with Crippen molar-refractivity contribution in [1.82, 2.24) is 10.2 Å². The van der Waals surface area contributed by atoms with Gasteiger partial charge >= 0.3 is 0 Å². The number of rotatable bonds is 4. The Balaban J connectivity index is 1.40. The van der Waals surface area contributed by atoms with E-state index in [9.17, 15) is 9.18 Å². The van der Waals surface area contributed by atoms with Gasteiger partial charge in [-0.2, -0.15) is 0 Å². The van der Waals surface area contributed by atoms with Gasteiger partial charge < -0.3 is 5.32 Å². The van der Waals surface area contributed by atoms with Gasteiger partial charge in [-0.25, -0.2) is 4.39 Å². The molecule has 2 heterocycles. The van der Waals surface area contributed by atoms with Crippen LogP contribution in [0.1, 0.15) is 53.6 Å². The van der Waals surface area contributed by atoms with Crippen molar-refractivity contribution in [3.05, 3.63) is 71.0 Å². The topological polar surface area (TPSA) is 32.3 Å². The number of carbonyl (C=O) groups is 1. The van der Waals surface area contributed by atoms with Crippen LogP contribution >= 0.6 is 0 Å². The molecule has 2 saturated heterocycles. The lowest BCUT2D eigenvalue weighted by Gasteiger charge is -2.49. The summed E-state index contributed by atoms with van der Waals surface area (Å²) in [7, 11) is 0.